The lowest BCUT2D eigenvalue weighted by atomic mass is 10.2. The summed E-state index contributed by atoms with van der Waals surface area (Å²) in [5.74, 6) is -0.296. The van der Waals surface area contributed by atoms with Crippen LogP contribution in [0, 0.1) is 0 Å². The molecule has 18 heavy (non-hydrogen) atoms. The molecule has 2 rings (SSSR count). The van der Waals surface area contributed by atoms with Gasteiger partial charge in [0.25, 0.3) is 5.91 Å². The molecule has 5 nitrogen and oxygen atoms in total. The molecule has 0 unspecified atom stereocenters. The Bertz CT molecular complexity index is 568. The van der Waals surface area contributed by atoms with E-state index in [-0.39, 0.29) is 10.9 Å². The van der Waals surface area contributed by atoms with Crippen LogP contribution in [0.15, 0.2) is 42.9 Å². The number of aromatic nitrogens is 2. The highest BCUT2D eigenvalue weighted by Crippen LogP contribution is 2.07. The highest BCUT2D eigenvalue weighted by Gasteiger charge is 2.07. The van der Waals surface area contributed by atoms with E-state index < -0.39 is 0 Å². The molecule has 0 aromatic carbocycles. The van der Waals surface area contributed by atoms with Crippen LogP contribution < -0.4 is 11.1 Å². The predicted molar refractivity (Wildman–Crippen MR) is 72.3 cm³/mol. The number of hydrogen-bond acceptors (Lipinski definition) is 4. The number of hydrogen-bond donors (Lipinski definition) is 2. The van der Waals surface area contributed by atoms with E-state index in [1.807, 2.05) is 0 Å². The maximum atomic E-state index is 11.8. The lowest BCUT2D eigenvalue weighted by Gasteiger charge is -2.04. The minimum absolute atomic E-state index is 0.253. The molecule has 1 amide bonds. The number of nitrogens with one attached hydrogen (secondary N) is 1. The summed E-state index contributed by atoms with van der Waals surface area (Å²) in [6.45, 7) is 0. The summed E-state index contributed by atoms with van der Waals surface area (Å²) in [6, 6.07) is 6.63. The fourth-order valence-corrected chi connectivity index (χ4v) is 1.43. The van der Waals surface area contributed by atoms with Crippen molar-refractivity contribution < 1.29 is 4.79 Å². The first-order valence-corrected chi connectivity index (χ1v) is 5.55. The summed E-state index contributed by atoms with van der Waals surface area (Å²) >= 11 is 4.81. The first-order chi connectivity index (χ1) is 8.66. The lowest BCUT2D eigenvalue weighted by molar-refractivity contribution is 0.102. The zero-order chi connectivity index (χ0) is 13.0. The topological polar surface area (TPSA) is 80.9 Å². The van der Waals surface area contributed by atoms with Gasteiger partial charge in [-0.3, -0.25) is 14.8 Å². The smallest absolute Gasteiger partial charge is 0.274 e. The van der Waals surface area contributed by atoms with Crippen molar-refractivity contribution in [2.24, 2.45) is 5.73 Å². The molecule has 0 aliphatic heterocycles. The highest BCUT2D eigenvalue weighted by atomic mass is 32.1. The van der Waals surface area contributed by atoms with Crippen LogP contribution in [0.25, 0.3) is 0 Å². The minimum atomic E-state index is -0.296. The Balaban J connectivity index is 2.12. The largest absolute Gasteiger partial charge is 0.389 e. The molecular formula is C12H10N4OS. The monoisotopic (exact) mass is 258 g/mol. The Morgan fingerprint density at radius 2 is 1.94 bits per heavy atom. The van der Waals surface area contributed by atoms with Gasteiger partial charge in [-0.1, -0.05) is 12.2 Å². The maximum Gasteiger partial charge on any atom is 0.274 e. The van der Waals surface area contributed by atoms with Gasteiger partial charge in [-0.25, -0.2) is 0 Å². The predicted octanol–water partition coefficient (Wildman–Crippen LogP) is 1.36. The van der Waals surface area contributed by atoms with Crippen molar-refractivity contribution in [1.29, 1.82) is 0 Å². The van der Waals surface area contributed by atoms with Crippen LogP contribution in [0.2, 0.25) is 0 Å². The number of nitrogens with two attached hydrogens (primary N) is 1. The number of nitrogens with zero attached hydrogens (tertiary/aromatic N) is 2. The van der Waals surface area contributed by atoms with Gasteiger partial charge >= 0.3 is 0 Å². The van der Waals surface area contributed by atoms with Crippen molar-refractivity contribution >= 4 is 28.8 Å². The molecule has 0 radical (unpaired) electrons. The van der Waals surface area contributed by atoms with Crippen LogP contribution in [-0.4, -0.2) is 20.9 Å². The Morgan fingerprint density at radius 1 is 1.22 bits per heavy atom. The Kier molecular flexibility index (Phi) is 3.59. The van der Waals surface area contributed by atoms with Crippen LogP contribution in [0.5, 0.6) is 0 Å². The third kappa shape index (κ3) is 2.86. The summed E-state index contributed by atoms with van der Waals surface area (Å²) in [5, 5.41) is 2.70. The number of carbonyl (C=O) groups is 1. The molecule has 0 saturated carbocycles. The minimum Gasteiger partial charge on any atom is -0.389 e. The quantitative estimate of drug-likeness (QED) is 0.812. The van der Waals surface area contributed by atoms with Crippen LogP contribution in [0.1, 0.15) is 16.1 Å². The fourth-order valence-electron chi connectivity index (χ4n) is 1.30. The molecule has 0 atom stereocenters. The molecule has 3 N–H and O–H groups in total. The van der Waals surface area contributed by atoms with Crippen molar-refractivity contribution in [1.82, 2.24) is 9.97 Å². The number of pyridine rings is 2. The molecule has 0 fully saturated rings. The van der Waals surface area contributed by atoms with E-state index in [9.17, 15) is 4.79 Å². The van der Waals surface area contributed by atoms with Crippen LogP contribution in [0.4, 0.5) is 5.69 Å². The third-order valence-corrected chi connectivity index (χ3v) is 2.45. The van der Waals surface area contributed by atoms with Crippen LogP contribution >= 0.6 is 12.2 Å². The summed E-state index contributed by atoms with van der Waals surface area (Å²) < 4.78 is 0. The fraction of sp³-hybridized carbons (Fsp3) is 0. The second-order valence-electron chi connectivity index (χ2n) is 3.49. The zero-order valence-electron chi connectivity index (χ0n) is 9.33. The van der Waals surface area contributed by atoms with Crippen molar-refractivity contribution in [2.45, 2.75) is 0 Å². The zero-order valence-corrected chi connectivity index (χ0v) is 10.1. The molecular weight excluding hydrogens is 248 g/mol. The van der Waals surface area contributed by atoms with Crippen LogP contribution in [0.3, 0.4) is 0 Å². The number of thiocarbonyl (C=S) groups is 1. The Hall–Kier alpha value is -2.34. The van der Waals surface area contributed by atoms with E-state index in [0.29, 0.717) is 16.9 Å². The molecule has 2 aromatic rings. The van der Waals surface area contributed by atoms with E-state index in [4.69, 9.17) is 18.0 Å². The molecule has 0 aliphatic carbocycles. The van der Waals surface area contributed by atoms with Crippen molar-refractivity contribution in [3.8, 4) is 0 Å². The van der Waals surface area contributed by atoms with Crippen molar-refractivity contribution in [3.63, 3.8) is 0 Å². The van der Waals surface area contributed by atoms with Crippen molar-refractivity contribution in [3.05, 3.63) is 54.1 Å². The third-order valence-electron chi connectivity index (χ3n) is 2.22. The Labute approximate surface area is 109 Å². The molecule has 2 heterocycles. The van der Waals surface area contributed by atoms with E-state index in [1.54, 1.807) is 36.7 Å². The van der Waals surface area contributed by atoms with Crippen molar-refractivity contribution in [2.75, 3.05) is 5.32 Å². The molecule has 0 spiro atoms. The number of anilines is 1. The van der Waals surface area contributed by atoms with Gasteiger partial charge in [0.05, 0.1) is 0 Å². The van der Waals surface area contributed by atoms with E-state index in [2.05, 4.69) is 15.3 Å². The summed E-state index contributed by atoms with van der Waals surface area (Å²) in [6.07, 6.45) is 4.67. The van der Waals surface area contributed by atoms with E-state index >= 15 is 0 Å². The van der Waals surface area contributed by atoms with Gasteiger partial charge in [0.1, 0.15) is 10.7 Å². The molecule has 0 saturated heterocycles. The van der Waals surface area contributed by atoms with Gasteiger partial charge in [0.2, 0.25) is 0 Å². The average Bonchev–Trinajstić information content (AvgIpc) is 2.40. The van der Waals surface area contributed by atoms with E-state index in [1.165, 1.54) is 6.20 Å². The number of amides is 1. The molecule has 2 aromatic heterocycles. The van der Waals surface area contributed by atoms with Gasteiger partial charge in [0, 0.05) is 29.8 Å². The van der Waals surface area contributed by atoms with Gasteiger partial charge in [-0.15, -0.1) is 0 Å². The molecule has 0 aliphatic rings. The number of rotatable bonds is 3. The maximum absolute atomic E-state index is 11.8. The van der Waals surface area contributed by atoms with Gasteiger partial charge < -0.3 is 11.1 Å². The second-order valence-corrected chi connectivity index (χ2v) is 3.93. The normalized spacial score (nSPS) is 9.78. The van der Waals surface area contributed by atoms with Gasteiger partial charge in [-0.05, 0) is 24.3 Å². The Morgan fingerprint density at radius 3 is 2.50 bits per heavy atom. The summed E-state index contributed by atoms with van der Waals surface area (Å²) in [7, 11) is 0. The lowest BCUT2D eigenvalue weighted by Crippen LogP contribution is -2.15. The second kappa shape index (κ2) is 5.33. The van der Waals surface area contributed by atoms with Gasteiger partial charge in [0.15, 0.2) is 0 Å². The molecule has 6 heteroatoms. The average molecular weight is 258 g/mol. The van der Waals surface area contributed by atoms with Crippen LogP contribution in [-0.2, 0) is 0 Å². The highest BCUT2D eigenvalue weighted by molar-refractivity contribution is 7.80. The summed E-state index contributed by atoms with van der Waals surface area (Å²) in [4.78, 5) is 20.0. The molecule has 90 valence electrons. The number of carbonyl (C=O) groups excluding carboxylic acids is 1. The first-order valence-electron chi connectivity index (χ1n) is 5.14. The first kappa shape index (κ1) is 12.1. The summed E-state index contributed by atoms with van der Waals surface area (Å²) in [5.41, 5.74) is 7.04. The van der Waals surface area contributed by atoms with Gasteiger partial charge in [-0.2, -0.15) is 0 Å². The van der Waals surface area contributed by atoms with E-state index in [0.717, 1.165) is 0 Å². The standard InChI is InChI=1S/C12H10N4OS/c13-11(18)8-1-2-10(15-7-8)12(17)16-9-3-5-14-6-4-9/h1-7H,(H2,13,18)(H,14,16,17). The SMILES string of the molecule is NC(=S)c1ccc(C(=O)Nc2ccncc2)nc1. The molecule has 0 bridgehead atoms.